The summed E-state index contributed by atoms with van der Waals surface area (Å²) in [5.74, 6) is 0.768. The van der Waals surface area contributed by atoms with E-state index in [2.05, 4.69) is 5.32 Å². The van der Waals surface area contributed by atoms with Gasteiger partial charge >= 0.3 is 5.97 Å². The topological polar surface area (TPSA) is 51.5 Å². The molecule has 0 amide bonds. The second-order valence-electron chi connectivity index (χ2n) is 5.36. The van der Waals surface area contributed by atoms with Gasteiger partial charge in [0, 0.05) is 17.7 Å². The van der Waals surface area contributed by atoms with Gasteiger partial charge in [-0.2, -0.15) is 0 Å². The summed E-state index contributed by atoms with van der Waals surface area (Å²) in [5.41, 5.74) is 3.71. The number of anilines is 1. The van der Waals surface area contributed by atoms with E-state index in [0.29, 0.717) is 5.56 Å². The molecule has 0 fully saturated rings. The van der Waals surface area contributed by atoms with Crippen molar-refractivity contribution in [2.45, 2.75) is 32.2 Å². The Balaban J connectivity index is 1.88. The van der Waals surface area contributed by atoms with Crippen LogP contribution in [-0.4, -0.2) is 13.1 Å². The zero-order chi connectivity index (χ0) is 14.8. The first kappa shape index (κ1) is 13.7. The van der Waals surface area contributed by atoms with E-state index in [9.17, 15) is 4.79 Å². The van der Waals surface area contributed by atoms with Crippen LogP contribution in [0.15, 0.2) is 34.9 Å². The van der Waals surface area contributed by atoms with Crippen LogP contribution in [0.4, 0.5) is 5.69 Å². The third kappa shape index (κ3) is 2.53. The van der Waals surface area contributed by atoms with E-state index < -0.39 is 0 Å². The van der Waals surface area contributed by atoms with E-state index in [1.54, 1.807) is 12.3 Å². The Morgan fingerprint density at radius 1 is 1.38 bits per heavy atom. The number of carbonyl (C=O) groups is 1. The number of methoxy groups -OCH3 is 1. The van der Waals surface area contributed by atoms with Gasteiger partial charge in [-0.3, -0.25) is 0 Å². The van der Waals surface area contributed by atoms with Gasteiger partial charge < -0.3 is 14.5 Å². The van der Waals surface area contributed by atoms with Crippen LogP contribution in [0.3, 0.4) is 0 Å². The molecule has 1 aromatic heterocycles. The molecule has 110 valence electrons. The Hall–Kier alpha value is -2.23. The fourth-order valence-corrected chi connectivity index (χ4v) is 2.95. The number of esters is 1. The Morgan fingerprint density at radius 2 is 2.24 bits per heavy atom. The largest absolute Gasteiger partial charge is 0.469 e. The van der Waals surface area contributed by atoms with Crippen LogP contribution in [0.2, 0.25) is 0 Å². The number of aryl methyl sites for hydroxylation is 1. The highest BCUT2D eigenvalue weighted by Crippen LogP contribution is 2.34. The van der Waals surface area contributed by atoms with Gasteiger partial charge in [-0.25, -0.2) is 4.79 Å². The number of nitrogens with one attached hydrogen (secondary N) is 1. The van der Waals surface area contributed by atoms with Gasteiger partial charge in [0.15, 0.2) is 0 Å². The molecule has 1 aromatic carbocycles. The molecule has 0 spiro atoms. The number of ether oxygens (including phenoxy) is 1. The Kier molecular flexibility index (Phi) is 3.69. The lowest BCUT2D eigenvalue weighted by Crippen LogP contribution is -2.17. The van der Waals surface area contributed by atoms with E-state index in [1.807, 2.05) is 25.1 Å². The predicted molar refractivity (Wildman–Crippen MR) is 80.5 cm³/mol. The maximum atomic E-state index is 11.8. The van der Waals surface area contributed by atoms with Gasteiger partial charge in [-0.15, -0.1) is 0 Å². The number of rotatable bonds is 3. The summed E-state index contributed by atoms with van der Waals surface area (Å²) in [6.45, 7) is 1.94. The molecule has 1 aliphatic carbocycles. The standard InChI is InChI=1S/C17H19NO3/c1-11-12(17(19)20-2)5-3-6-14(11)18-15-7-4-8-16-13(15)9-10-21-16/h3,5-6,9-10,15,18H,4,7-8H2,1-2H3. The van der Waals surface area contributed by atoms with Crippen LogP contribution in [0.5, 0.6) is 0 Å². The maximum Gasteiger partial charge on any atom is 0.338 e. The number of carbonyl (C=O) groups excluding carboxylic acids is 1. The molecular weight excluding hydrogens is 266 g/mol. The van der Waals surface area contributed by atoms with Gasteiger partial charge in [0.2, 0.25) is 0 Å². The van der Waals surface area contributed by atoms with Crippen molar-refractivity contribution >= 4 is 11.7 Å². The summed E-state index contributed by atoms with van der Waals surface area (Å²) < 4.78 is 10.3. The third-order valence-corrected chi connectivity index (χ3v) is 4.12. The first-order valence-electron chi connectivity index (χ1n) is 7.21. The number of hydrogen-bond acceptors (Lipinski definition) is 4. The number of hydrogen-bond donors (Lipinski definition) is 1. The van der Waals surface area contributed by atoms with Crippen LogP contribution in [0.1, 0.15) is 46.1 Å². The van der Waals surface area contributed by atoms with E-state index >= 15 is 0 Å². The molecule has 0 aliphatic heterocycles. The zero-order valence-electron chi connectivity index (χ0n) is 12.3. The minimum Gasteiger partial charge on any atom is -0.469 e. The van der Waals surface area contributed by atoms with Crippen LogP contribution in [0, 0.1) is 6.92 Å². The van der Waals surface area contributed by atoms with Gasteiger partial charge in [0.05, 0.1) is 25.0 Å². The normalized spacial score (nSPS) is 17.1. The summed E-state index contributed by atoms with van der Waals surface area (Å²) in [4.78, 5) is 11.8. The second kappa shape index (κ2) is 5.64. The molecular formula is C17H19NO3. The smallest absolute Gasteiger partial charge is 0.338 e. The highest BCUT2D eigenvalue weighted by molar-refractivity contribution is 5.92. The molecule has 21 heavy (non-hydrogen) atoms. The summed E-state index contributed by atoms with van der Waals surface area (Å²) in [7, 11) is 1.40. The van der Waals surface area contributed by atoms with Gasteiger partial charge in [-0.05, 0) is 43.5 Å². The van der Waals surface area contributed by atoms with Crippen molar-refractivity contribution in [3.8, 4) is 0 Å². The molecule has 1 aliphatic rings. The quantitative estimate of drug-likeness (QED) is 0.870. The molecule has 1 atom stereocenters. The maximum absolute atomic E-state index is 11.8. The molecule has 1 unspecified atom stereocenters. The van der Waals surface area contributed by atoms with Crippen molar-refractivity contribution in [3.05, 3.63) is 53.0 Å². The lowest BCUT2D eigenvalue weighted by molar-refractivity contribution is 0.0600. The van der Waals surface area contributed by atoms with Gasteiger partial charge in [0.1, 0.15) is 5.76 Å². The van der Waals surface area contributed by atoms with E-state index in [4.69, 9.17) is 9.15 Å². The SMILES string of the molecule is COC(=O)c1cccc(NC2CCCc3occc32)c1C. The van der Waals surface area contributed by atoms with Crippen LogP contribution in [-0.2, 0) is 11.2 Å². The van der Waals surface area contributed by atoms with Crippen molar-refractivity contribution < 1.29 is 13.9 Å². The Labute approximate surface area is 124 Å². The van der Waals surface area contributed by atoms with Crippen LogP contribution < -0.4 is 5.32 Å². The molecule has 1 N–H and O–H groups in total. The lowest BCUT2D eigenvalue weighted by atomic mass is 9.93. The van der Waals surface area contributed by atoms with Crippen molar-refractivity contribution in [1.29, 1.82) is 0 Å². The van der Waals surface area contributed by atoms with Crippen LogP contribution >= 0.6 is 0 Å². The first-order chi connectivity index (χ1) is 10.2. The Bertz CT molecular complexity index is 660. The number of benzene rings is 1. The van der Waals surface area contributed by atoms with Crippen LogP contribution in [0.25, 0.3) is 0 Å². The monoisotopic (exact) mass is 285 g/mol. The second-order valence-corrected chi connectivity index (χ2v) is 5.36. The van der Waals surface area contributed by atoms with Gasteiger partial charge in [-0.1, -0.05) is 6.07 Å². The van der Waals surface area contributed by atoms with Crippen molar-refractivity contribution in [2.24, 2.45) is 0 Å². The average Bonchev–Trinajstić information content (AvgIpc) is 2.98. The van der Waals surface area contributed by atoms with E-state index in [-0.39, 0.29) is 12.0 Å². The number of fused-ring (bicyclic) bond motifs is 1. The molecule has 0 saturated heterocycles. The lowest BCUT2D eigenvalue weighted by Gasteiger charge is -2.25. The third-order valence-electron chi connectivity index (χ3n) is 4.12. The highest BCUT2D eigenvalue weighted by Gasteiger charge is 2.23. The minimum atomic E-state index is -0.302. The molecule has 1 heterocycles. The molecule has 0 radical (unpaired) electrons. The van der Waals surface area contributed by atoms with Crippen molar-refractivity contribution in [3.63, 3.8) is 0 Å². The predicted octanol–water partition coefficient (Wildman–Crippen LogP) is 3.86. The molecule has 0 saturated carbocycles. The minimum absolute atomic E-state index is 0.235. The first-order valence-corrected chi connectivity index (χ1v) is 7.21. The summed E-state index contributed by atoms with van der Waals surface area (Å²) in [6, 6.07) is 7.93. The Morgan fingerprint density at radius 3 is 3.05 bits per heavy atom. The zero-order valence-corrected chi connectivity index (χ0v) is 12.3. The fourth-order valence-electron chi connectivity index (χ4n) is 2.95. The van der Waals surface area contributed by atoms with Crippen molar-refractivity contribution in [2.75, 3.05) is 12.4 Å². The molecule has 2 aromatic rings. The molecule has 3 rings (SSSR count). The van der Waals surface area contributed by atoms with E-state index in [0.717, 1.165) is 36.3 Å². The fraction of sp³-hybridized carbons (Fsp3) is 0.353. The summed E-state index contributed by atoms with van der Waals surface area (Å²) in [6.07, 6.45) is 4.92. The molecule has 4 nitrogen and oxygen atoms in total. The van der Waals surface area contributed by atoms with Crippen molar-refractivity contribution in [1.82, 2.24) is 0 Å². The summed E-state index contributed by atoms with van der Waals surface area (Å²) >= 11 is 0. The van der Waals surface area contributed by atoms with E-state index in [1.165, 1.54) is 12.7 Å². The molecule has 4 heteroatoms. The number of furan rings is 1. The average molecular weight is 285 g/mol. The highest BCUT2D eigenvalue weighted by atomic mass is 16.5. The molecule has 0 bridgehead atoms. The van der Waals surface area contributed by atoms with Gasteiger partial charge in [0.25, 0.3) is 0 Å². The summed E-state index contributed by atoms with van der Waals surface area (Å²) in [5, 5.41) is 3.54.